The molecule has 22 heavy (non-hydrogen) atoms. The number of halogens is 1. The zero-order valence-electron chi connectivity index (χ0n) is 13.3. The second kappa shape index (κ2) is 5.52. The lowest BCUT2D eigenvalue weighted by molar-refractivity contribution is -0.132. The zero-order chi connectivity index (χ0) is 15.9. The number of carbonyl (C=O) groups excluding carboxylic acids is 2. The fraction of sp³-hybridized carbons (Fsp3) is 0.647. The third kappa shape index (κ3) is 2.46. The van der Waals surface area contributed by atoms with Gasteiger partial charge < -0.3 is 9.80 Å². The van der Waals surface area contributed by atoms with E-state index in [9.17, 15) is 14.0 Å². The second-order valence-electron chi connectivity index (χ2n) is 6.65. The average molecular weight is 306 g/mol. The topological polar surface area (TPSA) is 40.6 Å². The van der Waals surface area contributed by atoms with Gasteiger partial charge in [-0.1, -0.05) is 6.08 Å². The number of hydrogen-bond donors (Lipinski definition) is 0. The quantitative estimate of drug-likeness (QED) is 0.689. The van der Waals surface area contributed by atoms with Crippen LogP contribution in [0.3, 0.4) is 0 Å². The third-order valence-corrected chi connectivity index (χ3v) is 5.41. The van der Waals surface area contributed by atoms with E-state index in [1.165, 1.54) is 6.08 Å². The summed E-state index contributed by atoms with van der Waals surface area (Å²) in [5, 5.41) is 0. The number of likely N-dealkylation sites (N-methyl/N-ethyl adjacent to an activating group) is 1. The van der Waals surface area contributed by atoms with Crippen molar-refractivity contribution in [2.75, 3.05) is 20.1 Å². The maximum absolute atomic E-state index is 13.8. The summed E-state index contributed by atoms with van der Waals surface area (Å²) in [6, 6.07) is 0. The van der Waals surface area contributed by atoms with Gasteiger partial charge in [0.25, 0.3) is 0 Å². The van der Waals surface area contributed by atoms with Crippen LogP contribution in [-0.2, 0) is 9.59 Å². The van der Waals surface area contributed by atoms with Gasteiger partial charge in [-0.15, -0.1) is 0 Å². The number of carbonyl (C=O) groups is 2. The van der Waals surface area contributed by atoms with E-state index in [0.717, 1.165) is 18.5 Å². The van der Waals surface area contributed by atoms with Gasteiger partial charge in [0.05, 0.1) is 5.54 Å². The van der Waals surface area contributed by atoms with Crippen LogP contribution in [0, 0.1) is 0 Å². The highest BCUT2D eigenvalue weighted by Crippen LogP contribution is 2.42. The van der Waals surface area contributed by atoms with Gasteiger partial charge in [-0.2, -0.15) is 0 Å². The van der Waals surface area contributed by atoms with E-state index in [4.69, 9.17) is 0 Å². The minimum absolute atomic E-state index is 0.0465. The first-order valence-corrected chi connectivity index (χ1v) is 8.02. The molecule has 1 spiro atoms. The lowest BCUT2D eigenvalue weighted by atomic mass is 9.76. The number of nitrogens with zero attached hydrogens (tertiary/aromatic N) is 2. The van der Waals surface area contributed by atoms with Gasteiger partial charge in [0.15, 0.2) is 5.78 Å². The molecule has 0 radical (unpaired) electrons. The highest BCUT2D eigenvalue weighted by Gasteiger charge is 2.46. The van der Waals surface area contributed by atoms with Crippen molar-refractivity contribution < 1.29 is 14.0 Å². The average Bonchev–Trinajstić information content (AvgIpc) is 2.67. The first-order chi connectivity index (χ1) is 10.4. The Labute approximate surface area is 130 Å². The number of alkyl halides is 1. The van der Waals surface area contributed by atoms with E-state index in [2.05, 4.69) is 4.90 Å². The molecule has 2 aliphatic heterocycles. The number of fused-ring (bicyclic) bond motifs is 1. The molecule has 0 bridgehead atoms. The van der Waals surface area contributed by atoms with Gasteiger partial charge in [-0.05, 0) is 31.8 Å². The van der Waals surface area contributed by atoms with Gasteiger partial charge in [0, 0.05) is 44.8 Å². The monoisotopic (exact) mass is 306 g/mol. The predicted octanol–water partition coefficient (Wildman–Crippen LogP) is 2.21. The third-order valence-electron chi connectivity index (χ3n) is 5.41. The Kier molecular flexibility index (Phi) is 3.83. The lowest BCUT2D eigenvalue weighted by Crippen LogP contribution is -2.58. The summed E-state index contributed by atoms with van der Waals surface area (Å²) in [7, 11) is 2.01. The number of rotatable bonds is 0. The van der Waals surface area contributed by atoms with Gasteiger partial charge in [-0.3, -0.25) is 9.59 Å². The first kappa shape index (κ1) is 15.3. The Morgan fingerprint density at radius 1 is 1.36 bits per heavy atom. The minimum atomic E-state index is -1.03. The number of piperidine rings is 2. The van der Waals surface area contributed by atoms with E-state index in [-0.39, 0.29) is 17.2 Å². The predicted molar refractivity (Wildman–Crippen MR) is 81.9 cm³/mol. The molecule has 120 valence electrons. The number of hydrogen-bond acceptors (Lipinski definition) is 3. The van der Waals surface area contributed by atoms with Crippen LogP contribution in [0.5, 0.6) is 0 Å². The normalized spacial score (nSPS) is 28.0. The smallest absolute Gasteiger partial charge is 0.219 e. The molecule has 5 heteroatoms. The van der Waals surface area contributed by atoms with Crippen LogP contribution in [0.15, 0.2) is 23.4 Å². The molecule has 1 amide bonds. The molecule has 1 atom stereocenters. The first-order valence-electron chi connectivity index (χ1n) is 8.02. The Bertz CT molecular complexity index is 559. The Morgan fingerprint density at radius 3 is 2.68 bits per heavy atom. The summed E-state index contributed by atoms with van der Waals surface area (Å²) in [4.78, 5) is 28.1. The number of likely N-dealkylation sites (tertiary alicyclic amines) is 2. The molecule has 3 rings (SSSR count). The maximum atomic E-state index is 13.8. The number of Topliss-reactive ketones (excluding diaryl/α,β-unsaturated/α-hetero) is 1. The van der Waals surface area contributed by atoms with Crippen LogP contribution in [-0.4, -0.2) is 53.3 Å². The van der Waals surface area contributed by atoms with E-state index >= 15 is 0 Å². The van der Waals surface area contributed by atoms with Gasteiger partial charge >= 0.3 is 0 Å². The van der Waals surface area contributed by atoms with Crippen molar-refractivity contribution >= 4 is 11.7 Å². The summed E-state index contributed by atoms with van der Waals surface area (Å²) < 4.78 is 13.8. The molecule has 4 nitrogen and oxygen atoms in total. The second-order valence-corrected chi connectivity index (χ2v) is 6.65. The molecule has 0 saturated carbocycles. The highest BCUT2D eigenvalue weighted by molar-refractivity contribution is 6.01. The maximum Gasteiger partial charge on any atom is 0.219 e. The molecular formula is C17H23FN2O2. The molecule has 1 aliphatic carbocycles. The highest BCUT2D eigenvalue weighted by atomic mass is 19.1. The molecule has 0 aromatic rings. The molecule has 2 fully saturated rings. The fourth-order valence-corrected chi connectivity index (χ4v) is 3.91. The van der Waals surface area contributed by atoms with E-state index in [1.807, 2.05) is 18.0 Å². The van der Waals surface area contributed by atoms with E-state index < -0.39 is 6.17 Å². The number of ketones is 1. The van der Waals surface area contributed by atoms with E-state index in [1.54, 1.807) is 6.92 Å². The van der Waals surface area contributed by atoms with Crippen LogP contribution < -0.4 is 0 Å². The summed E-state index contributed by atoms with van der Waals surface area (Å²) in [6.07, 6.45) is 5.57. The molecule has 2 heterocycles. The van der Waals surface area contributed by atoms with Crippen molar-refractivity contribution in [2.45, 2.75) is 50.7 Å². The largest absolute Gasteiger partial charge is 0.368 e. The Hall–Kier alpha value is -1.65. The zero-order valence-corrected chi connectivity index (χ0v) is 13.3. The summed E-state index contributed by atoms with van der Waals surface area (Å²) in [6.45, 7) is 2.96. The van der Waals surface area contributed by atoms with Crippen LogP contribution in [0.25, 0.3) is 0 Å². The summed E-state index contributed by atoms with van der Waals surface area (Å²) >= 11 is 0. The van der Waals surface area contributed by atoms with Crippen molar-refractivity contribution in [3.05, 3.63) is 23.4 Å². The Morgan fingerprint density at radius 2 is 2.05 bits per heavy atom. The molecule has 1 unspecified atom stereocenters. The van der Waals surface area contributed by atoms with Gasteiger partial charge in [-0.25, -0.2) is 4.39 Å². The Balaban J connectivity index is 1.88. The molecular weight excluding hydrogens is 283 g/mol. The van der Waals surface area contributed by atoms with Gasteiger partial charge in [0.1, 0.15) is 6.17 Å². The number of amides is 1. The van der Waals surface area contributed by atoms with Crippen molar-refractivity contribution in [3.8, 4) is 0 Å². The summed E-state index contributed by atoms with van der Waals surface area (Å²) in [5.41, 5.74) is 1.21. The van der Waals surface area contributed by atoms with Crippen molar-refractivity contribution in [1.82, 2.24) is 9.80 Å². The van der Waals surface area contributed by atoms with Crippen LogP contribution >= 0.6 is 0 Å². The number of allylic oxidation sites excluding steroid dienone is 3. The molecule has 2 saturated heterocycles. The fourth-order valence-electron chi connectivity index (χ4n) is 3.91. The van der Waals surface area contributed by atoms with Crippen LogP contribution in [0.2, 0.25) is 0 Å². The SMILES string of the molecule is CC(=O)N1CCC2(CC1)CC(=O)C1=CC(F)CCC=C1N2C. The lowest BCUT2D eigenvalue weighted by Gasteiger charge is -2.51. The molecule has 0 N–H and O–H groups in total. The van der Waals surface area contributed by atoms with Crippen molar-refractivity contribution in [1.29, 1.82) is 0 Å². The molecule has 3 aliphatic rings. The molecule has 0 aromatic heterocycles. The standard InChI is InChI=1S/C17H23FN2O2/c1-12(21)20-8-6-17(7-9-20)11-16(22)14-10-13(18)4-3-5-15(14)19(17)2/h5,10,13H,3-4,6-9,11H2,1-2H3. The van der Waals surface area contributed by atoms with Crippen LogP contribution in [0.1, 0.15) is 39.0 Å². The van der Waals surface area contributed by atoms with Crippen molar-refractivity contribution in [2.24, 2.45) is 0 Å². The van der Waals surface area contributed by atoms with Crippen molar-refractivity contribution in [3.63, 3.8) is 0 Å². The summed E-state index contributed by atoms with van der Waals surface area (Å²) in [5.74, 6) is 0.138. The van der Waals surface area contributed by atoms with Gasteiger partial charge in [0.2, 0.25) is 5.91 Å². The minimum Gasteiger partial charge on any atom is -0.368 e. The molecule has 0 aromatic carbocycles. The van der Waals surface area contributed by atoms with E-state index in [0.29, 0.717) is 37.9 Å². The van der Waals surface area contributed by atoms with Crippen LogP contribution in [0.4, 0.5) is 4.39 Å².